The standard InChI is InChI=1S/C19H30N4O/c1-19(2)13-6-7-16(15(19)11-13)21-14-5-4-9-23(12-14)17-18(24)22(3)10-8-20-17/h8,10,13-16,21H,4-7,9,11-12H2,1-3H3/t13-,14?,15-,16?/m0/s1. The van der Waals surface area contributed by atoms with Crippen molar-refractivity contribution in [3.63, 3.8) is 0 Å². The molecule has 1 aliphatic heterocycles. The summed E-state index contributed by atoms with van der Waals surface area (Å²) in [6.45, 7) is 6.74. The monoisotopic (exact) mass is 330 g/mol. The molecular formula is C19H30N4O. The van der Waals surface area contributed by atoms with Crippen LogP contribution in [0.3, 0.4) is 0 Å². The Morgan fingerprint density at radius 3 is 2.88 bits per heavy atom. The SMILES string of the molecule is Cn1ccnc(N2CCCC(NC3CC[C@H]4C[C@@H]3C4(C)C)C2)c1=O. The van der Waals surface area contributed by atoms with Gasteiger partial charge in [0, 0.05) is 44.6 Å². The van der Waals surface area contributed by atoms with Crippen LogP contribution in [0.15, 0.2) is 17.2 Å². The van der Waals surface area contributed by atoms with Crippen molar-refractivity contribution in [3.05, 3.63) is 22.7 Å². The van der Waals surface area contributed by atoms with Gasteiger partial charge in [0.25, 0.3) is 5.56 Å². The molecule has 0 radical (unpaired) electrons. The van der Waals surface area contributed by atoms with E-state index in [1.165, 1.54) is 25.7 Å². The zero-order valence-electron chi connectivity index (χ0n) is 15.2. The Hall–Kier alpha value is -1.36. The fourth-order valence-electron chi connectivity index (χ4n) is 5.32. The van der Waals surface area contributed by atoms with Gasteiger partial charge in [0.1, 0.15) is 0 Å². The second-order valence-corrected chi connectivity index (χ2v) is 8.66. The van der Waals surface area contributed by atoms with Crippen LogP contribution >= 0.6 is 0 Å². The Balaban J connectivity index is 1.44. The van der Waals surface area contributed by atoms with E-state index >= 15 is 0 Å². The number of anilines is 1. The Bertz CT molecular complexity index is 666. The van der Waals surface area contributed by atoms with Gasteiger partial charge in [-0.1, -0.05) is 13.8 Å². The topological polar surface area (TPSA) is 50.2 Å². The van der Waals surface area contributed by atoms with Crippen LogP contribution < -0.4 is 15.8 Å². The minimum absolute atomic E-state index is 0.0128. The predicted molar refractivity (Wildman–Crippen MR) is 96.2 cm³/mol. The highest BCUT2D eigenvalue weighted by atomic mass is 16.1. The zero-order valence-corrected chi connectivity index (χ0v) is 15.2. The van der Waals surface area contributed by atoms with Gasteiger partial charge >= 0.3 is 0 Å². The first-order chi connectivity index (χ1) is 11.5. The number of fused-ring (bicyclic) bond motifs is 2. The molecule has 0 aromatic carbocycles. The lowest BCUT2D eigenvalue weighted by Crippen LogP contribution is -2.62. The third kappa shape index (κ3) is 2.57. The number of rotatable bonds is 3. The van der Waals surface area contributed by atoms with Crippen LogP contribution in [-0.2, 0) is 7.05 Å². The first kappa shape index (κ1) is 16.1. The fraction of sp³-hybridized carbons (Fsp3) is 0.789. The molecule has 4 aliphatic rings. The van der Waals surface area contributed by atoms with Gasteiger partial charge in [-0.25, -0.2) is 4.98 Å². The second kappa shape index (κ2) is 5.87. The van der Waals surface area contributed by atoms with Gasteiger partial charge in [-0.3, -0.25) is 4.79 Å². The Morgan fingerprint density at radius 1 is 1.29 bits per heavy atom. The van der Waals surface area contributed by atoms with E-state index in [1.807, 2.05) is 0 Å². The summed E-state index contributed by atoms with van der Waals surface area (Å²) in [5.74, 6) is 2.38. The van der Waals surface area contributed by atoms with Crippen molar-refractivity contribution < 1.29 is 0 Å². The van der Waals surface area contributed by atoms with Crippen molar-refractivity contribution in [1.82, 2.24) is 14.9 Å². The Morgan fingerprint density at radius 2 is 2.12 bits per heavy atom. The summed E-state index contributed by atoms with van der Waals surface area (Å²) < 4.78 is 1.62. The summed E-state index contributed by atoms with van der Waals surface area (Å²) in [6, 6.07) is 1.13. The molecule has 3 aliphatic carbocycles. The molecule has 24 heavy (non-hydrogen) atoms. The molecule has 5 nitrogen and oxygen atoms in total. The van der Waals surface area contributed by atoms with Crippen LogP contribution in [0.5, 0.6) is 0 Å². The van der Waals surface area contributed by atoms with Gasteiger partial charge in [0.15, 0.2) is 5.82 Å². The van der Waals surface area contributed by atoms with Gasteiger partial charge in [-0.15, -0.1) is 0 Å². The first-order valence-corrected chi connectivity index (χ1v) is 9.49. The quantitative estimate of drug-likeness (QED) is 0.923. The van der Waals surface area contributed by atoms with Crippen molar-refractivity contribution in [2.24, 2.45) is 24.3 Å². The van der Waals surface area contributed by atoms with Crippen LogP contribution in [-0.4, -0.2) is 34.7 Å². The normalized spacial score (nSPS) is 34.7. The molecule has 4 atom stereocenters. The number of piperidine rings is 1. The van der Waals surface area contributed by atoms with Crippen LogP contribution in [0, 0.1) is 17.3 Å². The van der Waals surface area contributed by atoms with Crippen molar-refractivity contribution in [3.8, 4) is 0 Å². The summed E-state index contributed by atoms with van der Waals surface area (Å²) in [6.07, 6.45) is 9.88. The highest BCUT2D eigenvalue weighted by Crippen LogP contribution is 2.59. The molecule has 2 unspecified atom stereocenters. The lowest BCUT2D eigenvalue weighted by atomic mass is 9.47. The smallest absolute Gasteiger partial charge is 0.293 e. The van der Waals surface area contributed by atoms with Crippen molar-refractivity contribution >= 4 is 5.82 Å². The minimum Gasteiger partial charge on any atom is -0.350 e. The number of aromatic nitrogens is 2. The Labute approximate surface area is 144 Å². The first-order valence-electron chi connectivity index (χ1n) is 9.49. The van der Waals surface area contributed by atoms with Gasteiger partial charge in [-0.2, -0.15) is 0 Å². The number of hydrogen-bond donors (Lipinski definition) is 1. The molecule has 5 heteroatoms. The summed E-state index contributed by atoms with van der Waals surface area (Å²) in [5, 5.41) is 3.96. The molecule has 1 N–H and O–H groups in total. The number of aryl methyl sites for hydroxylation is 1. The molecule has 1 saturated heterocycles. The highest BCUT2D eigenvalue weighted by Gasteiger charge is 2.54. The van der Waals surface area contributed by atoms with Crippen molar-refractivity contribution in [1.29, 1.82) is 0 Å². The van der Waals surface area contributed by atoms with Crippen LogP contribution in [0.25, 0.3) is 0 Å². The van der Waals surface area contributed by atoms with Gasteiger partial charge in [0.2, 0.25) is 0 Å². The molecule has 0 amide bonds. The molecule has 1 aromatic rings. The summed E-state index contributed by atoms with van der Waals surface area (Å²) >= 11 is 0. The Kier molecular flexibility index (Phi) is 3.94. The van der Waals surface area contributed by atoms with E-state index in [4.69, 9.17) is 0 Å². The van der Waals surface area contributed by atoms with Gasteiger partial charge in [-0.05, 0) is 49.4 Å². The zero-order chi connectivity index (χ0) is 16.9. The maximum atomic E-state index is 12.3. The molecule has 132 valence electrons. The molecule has 5 rings (SSSR count). The third-order valence-electron chi connectivity index (χ3n) is 7.03. The minimum atomic E-state index is 0.0128. The van der Waals surface area contributed by atoms with E-state index in [0.717, 1.165) is 31.3 Å². The van der Waals surface area contributed by atoms with Crippen LogP contribution in [0.1, 0.15) is 46.0 Å². The summed E-state index contributed by atoms with van der Waals surface area (Å²) in [7, 11) is 1.80. The summed E-state index contributed by atoms with van der Waals surface area (Å²) in [5.41, 5.74) is 0.528. The number of hydrogen-bond acceptors (Lipinski definition) is 4. The average molecular weight is 330 g/mol. The fourth-order valence-corrected chi connectivity index (χ4v) is 5.32. The maximum Gasteiger partial charge on any atom is 0.293 e. The van der Waals surface area contributed by atoms with Crippen LogP contribution in [0.4, 0.5) is 5.82 Å². The van der Waals surface area contributed by atoms with E-state index in [0.29, 0.717) is 23.3 Å². The van der Waals surface area contributed by atoms with Crippen LogP contribution in [0.2, 0.25) is 0 Å². The van der Waals surface area contributed by atoms with E-state index in [1.54, 1.807) is 24.0 Å². The molecule has 3 saturated carbocycles. The predicted octanol–water partition coefficient (Wildman–Crippen LogP) is 2.16. The molecule has 1 aromatic heterocycles. The van der Waals surface area contributed by atoms with Crippen molar-refractivity contribution in [2.75, 3.05) is 18.0 Å². The van der Waals surface area contributed by atoms with E-state index in [-0.39, 0.29) is 5.56 Å². The molecule has 0 spiro atoms. The molecular weight excluding hydrogens is 300 g/mol. The van der Waals surface area contributed by atoms with E-state index in [9.17, 15) is 4.79 Å². The van der Waals surface area contributed by atoms with Crippen molar-refractivity contribution in [2.45, 2.75) is 58.0 Å². The number of nitrogens with one attached hydrogen (secondary N) is 1. The third-order valence-corrected chi connectivity index (χ3v) is 7.03. The van der Waals surface area contributed by atoms with Gasteiger partial charge in [0.05, 0.1) is 0 Å². The van der Waals surface area contributed by atoms with E-state index < -0.39 is 0 Å². The lowest BCUT2D eigenvalue weighted by molar-refractivity contribution is -0.0892. The molecule has 2 heterocycles. The highest BCUT2D eigenvalue weighted by molar-refractivity contribution is 5.36. The lowest BCUT2D eigenvalue weighted by Gasteiger charge is -2.60. The summed E-state index contributed by atoms with van der Waals surface area (Å²) in [4.78, 5) is 18.9. The largest absolute Gasteiger partial charge is 0.350 e. The van der Waals surface area contributed by atoms with Gasteiger partial charge < -0.3 is 14.8 Å². The molecule has 2 bridgehead atoms. The van der Waals surface area contributed by atoms with E-state index in [2.05, 4.69) is 29.0 Å². The molecule has 4 fully saturated rings. The maximum absolute atomic E-state index is 12.3. The average Bonchev–Trinajstić information content (AvgIpc) is 2.57. The second-order valence-electron chi connectivity index (χ2n) is 8.66. The number of nitrogens with zero attached hydrogens (tertiary/aromatic N) is 3.